The third-order valence-corrected chi connectivity index (χ3v) is 7.70. The first-order chi connectivity index (χ1) is 24.8. The molecular weight excluding hydrogens is 694 g/mol. The van der Waals surface area contributed by atoms with Crippen molar-refractivity contribution in [1.29, 1.82) is 0 Å². The highest BCUT2D eigenvalue weighted by Crippen LogP contribution is 2.14. The summed E-state index contributed by atoms with van der Waals surface area (Å²) in [5, 5.41) is 34.2. The van der Waals surface area contributed by atoms with Crippen molar-refractivity contribution in [3.63, 3.8) is 0 Å². The van der Waals surface area contributed by atoms with E-state index < -0.39 is 78.1 Å². The number of primary amides is 1. The molecule has 4 atom stereocenters. The molecule has 18 heteroatoms. The quantitative estimate of drug-likeness (QED) is 0.0528. The van der Waals surface area contributed by atoms with Crippen molar-refractivity contribution >= 4 is 53.3 Å². The van der Waals surface area contributed by atoms with E-state index in [4.69, 9.17) is 15.6 Å². The number of amides is 6. The van der Waals surface area contributed by atoms with Crippen LogP contribution < -0.4 is 37.6 Å². The Balaban J connectivity index is 3.18. The highest BCUT2D eigenvalue weighted by molar-refractivity contribution is 5.99. The van der Waals surface area contributed by atoms with Gasteiger partial charge in [-0.15, -0.1) is 0 Å². The van der Waals surface area contributed by atoms with E-state index in [0.717, 1.165) is 0 Å². The molecule has 0 fully saturated rings. The molecule has 0 aliphatic carbocycles. The van der Waals surface area contributed by atoms with E-state index >= 15 is 0 Å². The second-order valence-electron chi connectivity index (χ2n) is 13.5. The second kappa shape index (κ2) is 23.3. The first-order valence-electron chi connectivity index (χ1n) is 17.5. The number of esters is 1. The van der Waals surface area contributed by atoms with Crippen LogP contribution in [-0.2, 0) is 44.9 Å². The van der Waals surface area contributed by atoms with Gasteiger partial charge < -0.3 is 52.6 Å². The molecule has 10 N–H and O–H groups in total. The van der Waals surface area contributed by atoms with Gasteiger partial charge >= 0.3 is 23.9 Å². The van der Waals surface area contributed by atoms with Gasteiger partial charge in [-0.25, -0.2) is 4.79 Å². The van der Waals surface area contributed by atoms with Crippen LogP contribution >= 0.6 is 0 Å². The van der Waals surface area contributed by atoms with E-state index in [0.29, 0.717) is 11.3 Å². The van der Waals surface area contributed by atoms with E-state index in [2.05, 4.69) is 31.9 Å². The Kier molecular flexibility index (Phi) is 20.1. The van der Waals surface area contributed by atoms with Gasteiger partial charge in [0.15, 0.2) is 0 Å². The van der Waals surface area contributed by atoms with Crippen LogP contribution in [0.2, 0.25) is 0 Å². The van der Waals surface area contributed by atoms with Gasteiger partial charge in [0, 0.05) is 31.1 Å². The van der Waals surface area contributed by atoms with Gasteiger partial charge in [0.25, 0.3) is 0 Å². The third-order valence-electron chi connectivity index (χ3n) is 7.70. The van der Waals surface area contributed by atoms with Crippen molar-refractivity contribution in [2.75, 3.05) is 11.9 Å². The Bertz CT molecular complexity index is 1420. The summed E-state index contributed by atoms with van der Waals surface area (Å²) in [6.45, 7) is 10.3. The fourth-order valence-corrected chi connectivity index (χ4v) is 4.84. The predicted molar refractivity (Wildman–Crippen MR) is 193 cm³/mol. The number of urea groups is 1. The Morgan fingerprint density at radius 3 is 1.74 bits per heavy atom. The van der Waals surface area contributed by atoms with E-state index in [1.165, 1.54) is 0 Å². The molecule has 0 spiro atoms. The second-order valence-corrected chi connectivity index (χ2v) is 13.5. The summed E-state index contributed by atoms with van der Waals surface area (Å²) in [5.41, 5.74) is 6.20. The van der Waals surface area contributed by atoms with Crippen LogP contribution in [0.1, 0.15) is 85.6 Å². The number of carbonyl (C=O) groups excluding carboxylic acids is 6. The SMILES string of the molecule is CC(C)N[C@@H](CCC(=O)O)C(=O)N[C@@H](CCC(=O)O)C(=O)N[C@H](C(=O)N[C@@H](CCCNC(N)=O)C(=O)Nc1ccc(COC(=O)C(C)C)cc1)C(C)C. The van der Waals surface area contributed by atoms with Crippen LogP contribution in [0.15, 0.2) is 24.3 Å². The van der Waals surface area contributed by atoms with Crippen molar-refractivity contribution in [2.45, 2.75) is 117 Å². The number of carboxylic acids is 2. The van der Waals surface area contributed by atoms with Crippen molar-refractivity contribution in [3.8, 4) is 0 Å². The first-order valence-corrected chi connectivity index (χ1v) is 17.5. The molecule has 0 aliphatic heterocycles. The number of nitrogens with two attached hydrogens (primary N) is 1. The van der Waals surface area contributed by atoms with E-state index in [1.54, 1.807) is 65.8 Å². The molecule has 1 aromatic rings. The molecule has 0 saturated heterocycles. The number of ether oxygens (including phenoxy) is 1. The number of aliphatic carboxylic acids is 2. The van der Waals surface area contributed by atoms with Crippen LogP contribution in [0.5, 0.6) is 0 Å². The summed E-state index contributed by atoms with van der Waals surface area (Å²) in [6, 6.07) is 0.714. The molecule has 0 bridgehead atoms. The van der Waals surface area contributed by atoms with Crippen molar-refractivity contribution in [3.05, 3.63) is 29.8 Å². The van der Waals surface area contributed by atoms with E-state index in [1.807, 2.05) is 0 Å². The fourth-order valence-electron chi connectivity index (χ4n) is 4.84. The minimum atomic E-state index is -1.40. The lowest BCUT2D eigenvalue weighted by atomic mass is 10.0. The van der Waals surface area contributed by atoms with E-state index in [9.17, 15) is 43.5 Å². The predicted octanol–water partition coefficient (Wildman–Crippen LogP) is 0.979. The van der Waals surface area contributed by atoms with Crippen molar-refractivity contribution in [1.82, 2.24) is 26.6 Å². The number of benzene rings is 1. The van der Waals surface area contributed by atoms with Gasteiger partial charge in [-0.3, -0.25) is 33.6 Å². The van der Waals surface area contributed by atoms with Crippen LogP contribution in [0, 0.1) is 11.8 Å². The fraction of sp³-hybridized carbons (Fsp3) is 0.600. The lowest BCUT2D eigenvalue weighted by molar-refractivity contribution is -0.148. The topological polar surface area (TPSA) is 284 Å². The average Bonchev–Trinajstić information content (AvgIpc) is 3.07. The molecule has 0 aliphatic rings. The molecule has 0 heterocycles. The maximum Gasteiger partial charge on any atom is 0.312 e. The zero-order chi connectivity index (χ0) is 40.2. The van der Waals surface area contributed by atoms with Crippen LogP contribution in [-0.4, -0.2) is 94.5 Å². The van der Waals surface area contributed by atoms with Crippen molar-refractivity contribution < 1.29 is 53.3 Å². The number of carboxylic acid groups (broad SMARTS) is 2. The maximum atomic E-state index is 13.7. The van der Waals surface area contributed by atoms with Crippen LogP contribution in [0.4, 0.5) is 10.5 Å². The van der Waals surface area contributed by atoms with Gasteiger partial charge in [-0.05, 0) is 49.3 Å². The molecule has 1 aromatic carbocycles. The summed E-state index contributed by atoms with van der Waals surface area (Å²) >= 11 is 0. The lowest BCUT2D eigenvalue weighted by Crippen LogP contribution is -2.59. The largest absolute Gasteiger partial charge is 0.481 e. The highest BCUT2D eigenvalue weighted by Gasteiger charge is 2.33. The summed E-state index contributed by atoms with van der Waals surface area (Å²) < 4.78 is 5.22. The molecule has 296 valence electrons. The number of carbonyl (C=O) groups is 8. The monoisotopic (exact) mass is 749 g/mol. The van der Waals surface area contributed by atoms with Gasteiger partial charge in [-0.1, -0.05) is 53.7 Å². The number of hydrogen-bond donors (Lipinski definition) is 9. The molecule has 6 amide bonds. The van der Waals surface area contributed by atoms with Crippen molar-refractivity contribution in [2.24, 2.45) is 17.6 Å². The molecule has 0 saturated carbocycles. The summed E-state index contributed by atoms with van der Waals surface area (Å²) in [7, 11) is 0. The zero-order valence-corrected chi connectivity index (χ0v) is 31.2. The minimum absolute atomic E-state index is 0.0417. The Labute approximate surface area is 309 Å². The lowest BCUT2D eigenvalue weighted by Gasteiger charge is -2.28. The van der Waals surface area contributed by atoms with Gasteiger partial charge in [0.05, 0.1) is 12.0 Å². The van der Waals surface area contributed by atoms with Gasteiger partial charge in [0.1, 0.15) is 24.7 Å². The molecular formula is C35H55N7O11. The number of rotatable bonds is 24. The molecule has 0 aromatic heterocycles. The highest BCUT2D eigenvalue weighted by atomic mass is 16.5. The third kappa shape index (κ3) is 18.7. The molecule has 18 nitrogen and oxygen atoms in total. The van der Waals surface area contributed by atoms with Crippen LogP contribution in [0.25, 0.3) is 0 Å². The standard InChI is InChI=1S/C35H55N7O11/c1-19(2)29(42-32(49)26(14-16-28(45)46)40-31(48)25(38-21(5)6)13-15-27(43)44)33(50)41-24(8-7-17-37-35(36)52)30(47)39-23-11-9-22(10-12-23)18-53-34(51)20(3)4/h9-12,19-21,24-26,29,38H,7-8,13-18H2,1-6H3,(H,39,47)(H,40,48)(H,41,50)(H,42,49)(H,43,44)(H,45,46)(H3,36,37,52)/t24-,25-,26-,29-/m0/s1. The van der Waals surface area contributed by atoms with Crippen LogP contribution in [0.3, 0.4) is 0 Å². The zero-order valence-electron chi connectivity index (χ0n) is 31.2. The maximum absolute atomic E-state index is 13.7. The minimum Gasteiger partial charge on any atom is -0.481 e. The Morgan fingerprint density at radius 2 is 1.23 bits per heavy atom. The smallest absolute Gasteiger partial charge is 0.312 e. The molecule has 1 rings (SSSR count). The van der Waals surface area contributed by atoms with Gasteiger partial charge in [0.2, 0.25) is 23.6 Å². The molecule has 53 heavy (non-hydrogen) atoms. The number of hydrogen-bond acceptors (Lipinski definition) is 10. The first kappa shape index (κ1) is 45.8. The summed E-state index contributed by atoms with van der Waals surface area (Å²) in [6.07, 6.45) is -0.981. The molecule has 0 unspecified atom stereocenters. The summed E-state index contributed by atoms with van der Waals surface area (Å²) in [5.74, 6) is -6.49. The number of anilines is 1. The summed E-state index contributed by atoms with van der Waals surface area (Å²) in [4.78, 5) is 99.3. The number of nitrogens with one attached hydrogen (secondary N) is 6. The van der Waals surface area contributed by atoms with Gasteiger partial charge in [-0.2, -0.15) is 0 Å². The normalized spacial score (nSPS) is 13.3. The Morgan fingerprint density at radius 1 is 0.698 bits per heavy atom. The van der Waals surface area contributed by atoms with E-state index in [-0.39, 0.29) is 63.2 Å². The average molecular weight is 750 g/mol. The Hall–Kier alpha value is -5.26. The molecule has 0 radical (unpaired) electrons.